The van der Waals surface area contributed by atoms with Gasteiger partial charge in [-0.15, -0.1) is 0 Å². The molecule has 3 rings (SSSR count). The maximum Gasteiger partial charge on any atom is 0.239 e. The van der Waals surface area contributed by atoms with E-state index in [2.05, 4.69) is 41.3 Å². The molecule has 1 saturated heterocycles. The normalized spacial score (nSPS) is 18.6. The SMILES string of the molecule is NCCC[C@H]1CN(Cc2ccccc2)CCN1C(=O)[C@@H](N)CCc1ccccc1. The van der Waals surface area contributed by atoms with E-state index in [0.717, 1.165) is 45.4 Å². The molecule has 1 aliphatic heterocycles. The van der Waals surface area contributed by atoms with Gasteiger partial charge >= 0.3 is 0 Å². The predicted octanol–water partition coefficient (Wildman–Crippen LogP) is 2.40. The molecule has 2 aromatic rings. The summed E-state index contributed by atoms with van der Waals surface area (Å²) in [7, 11) is 0. The van der Waals surface area contributed by atoms with Crippen molar-refractivity contribution in [1.82, 2.24) is 9.80 Å². The van der Waals surface area contributed by atoms with Crippen molar-refractivity contribution in [2.45, 2.75) is 44.3 Å². The number of nitrogens with zero attached hydrogens (tertiary/aromatic N) is 2. The van der Waals surface area contributed by atoms with E-state index in [-0.39, 0.29) is 11.9 Å². The number of benzene rings is 2. The van der Waals surface area contributed by atoms with Gasteiger partial charge in [-0.2, -0.15) is 0 Å². The van der Waals surface area contributed by atoms with Gasteiger partial charge in [-0.1, -0.05) is 60.7 Å². The van der Waals surface area contributed by atoms with Gasteiger partial charge in [-0.3, -0.25) is 9.69 Å². The van der Waals surface area contributed by atoms with Crippen LogP contribution >= 0.6 is 0 Å². The van der Waals surface area contributed by atoms with Gasteiger partial charge in [0.1, 0.15) is 0 Å². The molecule has 1 aliphatic rings. The lowest BCUT2D eigenvalue weighted by atomic mass is 10.0. The summed E-state index contributed by atoms with van der Waals surface area (Å²) in [4.78, 5) is 17.6. The second kappa shape index (κ2) is 11.1. The van der Waals surface area contributed by atoms with Crippen LogP contribution in [0.15, 0.2) is 60.7 Å². The fraction of sp³-hybridized carbons (Fsp3) is 0.458. The van der Waals surface area contributed by atoms with Crippen LogP contribution in [0.2, 0.25) is 0 Å². The van der Waals surface area contributed by atoms with Gasteiger partial charge < -0.3 is 16.4 Å². The van der Waals surface area contributed by atoms with Crippen molar-refractivity contribution < 1.29 is 4.79 Å². The predicted molar refractivity (Wildman–Crippen MR) is 118 cm³/mol. The van der Waals surface area contributed by atoms with Crippen molar-refractivity contribution in [2.75, 3.05) is 26.2 Å². The lowest BCUT2D eigenvalue weighted by Crippen LogP contribution is -2.58. The molecule has 0 aliphatic carbocycles. The van der Waals surface area contributed by atoms with Gasteiger partial charge in [0.05, 0.1) is 6.04 Å². The first-order chi connectivity index (χ1) is 14.2. The van der Waals surface area contributed by atoms with Crippen LogP contribution < -0.4 is 11.5 Å². The Morgan fingerprint density at radius 1 is 1.00 bits per heavy atom. The van der Waals surface area contributed by atoms with Gasteiger partial charge in [-0.05, 0) is 43.4 Å². The maximum atomic E-state index is 13.1. The zero-order chi connectivity index (χ0) is 20.5. The van der Waals surface area contributed by atoms with Crippen LogP contribution in [0.25, 0.3) is 0 Å². The highest BCUT2D eigenvalue weighted by molar-refractivity contribution is 5.82. The summed E-state index contributed by atoms with van der Waals surface area (Å²) >= 11 is 0. The molecule has 156 valence electrons. The van der Waals surface area contributed by atoms with Crippen molar-refractivity contribution in [3.63, 3.8) is 0 Å². The molecule has 1 fully saturated rings. The first kappa shape index (κ1) is 21.5. The molecule has 4 N–H and O–H groups in total. The highest BCUT2D eigenvalue weighted by Crippen LogP contribution is 2.19. The molecular formula is C24H34N4O. The van der Waals surface area contributed by atoms with E-state index in [4.69, 9.17) is 11.5 Å². The van der Waals surface area contributed by atoms with Crippen LogP contribution in [-0.2, 0) is 17.8 Å². The molecule has 0 bridgehead atoms. The van der Waals surface area contributed by atoms with Crippen molar-refractivity contribution in [3.8, 4) is 0 Å². The molecule has 0 unspecified atom stereocenters. The molecule has 0 saturated carbocycles. The largest absolute Gasteiger partial charge is 0.336 e. The van der Waals surface area contributed by atoms with E-state index in [1.54, 1.807) is 0 Å². The fourth-order valence-electron chi connectivity index (χ4n) is 4.10. The zero-order valence-corrected chi connectivity index (χ0v) is 17.2. The number of carbonyl (C=O) groups is 1. The third-order valence-corrected chi connectivity index (χ3v) is 5.74. The van der Waals surface area contributed by atoms with Crippen LogP contribution in [0.5, 0.6) is 0 Å². The summed E-state index contributed by atoms with van der Waals surface area (Å²) in [5.74, 6) is 0.0855. The van der Waals surface area contributed by atoms with Crippen molar-refractivity contribution in [2.24, 2.45) is 11.5 Å². The molecular weight excluding hydrogens is 360 g/mol. The zero-order valence-electron chi connectivity index (χ0n) is 17.2. The standard InChI is InChI=1S/C24H34N4O/c25-15-7-12-22-19-27(18-21-10-5-2-6-11-21)16-17-28(22)24(29)23(26)14-13-20-8-3-1-4-9-20/h1-6,8-11,22-23H,7,12-19,25-26H2/t22-,23-/m0/s1. The van der Waals surface area contributed by atoms with Crippen LogP contribution in [0.3, 0.4) is 0 Å². The molecule has 2 aromatic carbocycles. The lowest BCUT2D eigenvalue weighted by Gasteiger charge is -2.42. The second-order valence-corrected chi connectivity index (χ2v) is 7.97. The minimum absolute atomic E-state index is 0.0855. The Balaban J connectivity index is 1.58. The van der Waals surface area contributed by atoms with Crippen molar-refractivity contribution >= 4 is 5.91 Å². The third-order valence-electron chi connectivity index (χ3n) is 5.74. The summed E-state index contributed by atoms with van der Waals surface area (Å²) < 4.78 is 0. The third kappa shape index (κ3) is 6.39. The number of hydrogen-bond acceptors (Lipinski definition) is 4. The van der Waals surface area contributed by atoms with Crippen LogP contribution in [-0.4, -0.2) is 54.0 Å². The molecule has 0 aromatic heterocycles. The van der Waals surface area contributed by atoms with Gasteiger partial charge in [0.25, 0.3) is 0 Å². The number of nitrogens with two attached hydrogens (primary N) is 2. The number of amides is 1. The highest BCUT2D eigenvalue weighted by atomic mass is 16.2. The monoisotopic (exact) mass is 394 g/mol. The molecule has 1 amide bonds. The number of aryl methyl sites for hydroxylation is 1. The summed E-state index contributed by atoms with van der Waals surface area (Å²) in [6.07, 6.45) is 3.36. The fourth-order valence-corrected chi connectivity index (χ4v) is 4.10. The Hall–Kier alpha value is -2.21. The summed E-state index contributed by atoms with van der Waals surface area (Å²) in [6, 6.07) is 20.5. The number of piperazine rings is 1. The number of hydrogen-bond donors (Lipinski definition) is 2. The van der Waals surface area contributed by atoms with E-state index in [9.17, 15) is 4.79 Å². The Morgan fingerprint density at radius 3 is 2.31 bits per heavy atom. The molecule has 5 nitrogen and oxygen atoms in total. The van der Waals surface area contributed by atoms with E-state index < -0.39 is 6.04 Å². The maximum absolute atomic E-state index is 13.1. The Bertz CT molecular complexity index is 737. The molecule has 1 heterocycles. The smallest absolute Gasteiger partial charge is 0.239 e. The van der Waals surface area contributed by atoms with E-state index in [1.165, 1.54) is 11.1 Å². The van der Waals surface area contributed by atoms with Crippen LogP contribution in [0.1, 0.15) is 30.4 Å². The van der Waals surface area contributed by atoms with Gasteiger partial charge in [0.2, 0.25) is 5.91 Å². The second-order valence-electron chi connectivity index (χ2n) is 7.97. The summed E-state index contributed by atoms with van der Waals surface area (Å²) in [5, 5.41) is 0. The average Bonchev–Trinajstić information content (AvgIpc) is 2.77. The van der Waals surface area contributed by atoms with E-state index in [1.807, 2.05) is 29.2 Å². The van der Waals surface area contributed by atoms with E-state index >= 15 is 0 Å². The number of carbonyl (C=O) groups excluding carboxylic acids is 1. The Morgan fingerprint density at radius 2 is 1.66 bits per heavy atom. The lowest BCUT2D eigenvalue weighted by molar-refractivity contribution is -0.138. The van der Waals surface area contributed by atoms with E-state index in [0.29, 0.717) is 13.0 Å². The van der Waals surface area contributed by atoms with Crippen LogP contribution in [0.4, 0.5) is 0 Å². The highest BCUT2D eigenvalue weighted by Gasteiger charge is 2.32. The average molecular weight is 395 g/mol. The van der Waals surface area contributed by atoms with Crippen molar-refractivity contribution in [3.05, 3.63) is 71.8 Å². The first-order valence-corrected chi connectivity index (χ1v) is 10.7. The van der Waals surface area contributed by atoms with Gasteiger partial charge in [0, 0.05) is 32.2 Å². The first-order valence-electron chi connectivity index (χ1n) is 10.7. The molecule has 2 atom stereocenters. The molecule has 0 spiro atoms. The molecule has 5 heteroatoms. The van der Waals surface area contributed by atoms with Crippen molar-refractivity contribution in [1.29, 1.82) is 0 Å². The molecule has 29 heavy (non-hydrogen) atoms. The number of rotatable bonds is 9. The summed E-state index contributed by atoms with van der Waals surface area (Å²) in [6.45, 7) is 4.07. The minimum atomic E-state index is -0.448. The van der Waals surface area contributed by atoms with Gasteiger partial charge in [-0.25, -0.2) is 0 Å². The quantitative estimate of drug-likeness (QED) is 0.685. The topological polar surface area (TPSA) is 75.6 Å². The summed E-state index contributed by atoms with van der Waals surface area (Å²) in [5.41, 5.74) is 14.6. The Kier molecular flexibility index (Phi) is 8.23. The molecule has 0 radical (unpaired) electrons. The minimum Gasteiger partial charge on any atom is -0.336 e. The Labute approximate surface area is 174 Å². The van der Waals surface area contributed by atoms with Crippen LogP contribution in [0, 0.1) is 0 Å². The van der Waals surface area contributed by atoms with Gasteiger partial charge in [0.15, 0.2) is 0 Å².